The van der Waals surface area contributed by atoms with E-state index in [0.29, 0.717) is 5.82 Å². The minimum atomic E-state index is -0.239. The fourth-order valence-corrected chi connectivity index (χ4v) is 2.07. The first-order chi connectivity index (χ1) is 8.04. The number of nitrogen functional groups attached to an aromatic ring is 1. The molecule has 1 aromatic heterocycles. The van der Waals surface area contributed by atoms with E-state index >= 15 is 0 Å². The number of anilines is 1. The Labute approximate surface area is 100 Å². The van der Waals surface area contributed by atoms with E-state index < -0.39 is 0 Å². The van der Waals surface area contributed by atoms with Gasteiger partial charge in [-0.2, -0.15) is 0 Å². The summed E-state index contributed by atoms with van der Waals surface area (Å²) < 4.78 is 15.0. The molecule has 1 heterocycles. The Morgan fingerprint density at radius 2 is 2.06 bits per heavy atom. The molecule has 0 saturated carbocycles. The molecule has 0 bridgehead atoms. The van der Waals surface area contributed by atoms with Crippen molar-refractivity contribution in [3.05, 3.63) is 35.4 Å². The van der Waals surface area contributed by atoms with E-state index in [4.69, 9.17) is 5.73 Å². The van der Waals surface area contributed by atoms with E-state index in [9.17, 15) is 4.39 Å². The lowest BCUT2D eigenvalue weighted by Crippen LogP contribution is -2.02. The summed E-state index contributed by atoms with van der Waals surface area (Å²) >= 11 is 0. The summed E-state index contributed by atoms with van der Waals surface area (Å²) in [6, 6.07) is 4.65. The van der Waals surface area contributed by atoms with Gasteiger partial charge in [-0.1, -0.05) is 0 Å². The van der Waals surface area contributed by atoms with E-state index in [1.54, 1.807) is 6.07 Å². The van der Waals surface area contributed by atoms with Crippen LogP contribution in [0.4, 0.5) is 10.2 Å². The number of imidazole rings is 1. The van der Waals surface area contributed by atoms with Gasteiger partial charge in [-0.3, -0.25) is 0 Å². The van der Waals surface area contributed by atoms with E-state index in [0.717, 1.165) is 29.2 Å². The highest BCUT2D eigenvalue weighted by atomic mass is 19.1. The standard InChI is InChI=1S/C13H16FN3/c1-4-17-9(3)16-12(13(17)15)11-6-5-10(14)7-8(11)2/h5-7H,4,15H2,1-3H3. The van der Waals surface area contributed by atoms with Gasteiger partial charge in [-0.05, 0) is 44.5 Å². The molecule has 3 nitrogen and oxygen atoms in total. The van der Waals surface area contributed by atoms with Gasteiger partial charge >= 0.3 is 0 Å². The molecule has 0 radical (unpaired) electrons. The maximum absolute atomic E-state index is 13.1. The minimum absolute atomic E-state index is 0.239. The molecule has 17 heavy (non-hydrogen) atoms. The van der Waals surface area contributed by atoms with Crippen molar-refractivity contribution in [3.8, 4) is 11.3 Å². The third kappa shape index (κ3) is 1.90. The zero-order valence-electron chi connectivity index (χ0n) is 10.3. The van der Waals surface area contributed by atoms with Gasteiger partial charge < -0.3 is 10.3 Å². The van der Waals surface area contributed by atoms with E-state index in [1.807, 2.05) is 25.3 Å². The highest BCUT2D eigenvalue weighted by Gasteiger charge is 2.14. The van der Waals surface area contributed by atoms with Crippen LogP contribution in [0, 0.1) is 19.7 Å². The van der Waals surface area contributed by atoms with Crippen molar-refractivity contribution in [3.63, 3.8) is 0 Å². The van der Waals surface area contributed by atoms with Gasteiger partial charge in [-0.15, -0.1) is 0 Å². The Morgan fingerprint density at radius 3 is 2.59 bits per heavy atom. The Hall–Kier alpha value is -1.84. The normalized spacial score (nSPS) is 10.8. The molecule has 90 valence electrons. The summed E-state index contributed by atoms with van der Waals surface area (Å²) in [6.45, 7) is 6.58. The molecular formula is C13H16FN3. The average Bonchev–Trinajstić information content (AvgIpc) is 2.54. The molecule has 0 atom stereocenters. The van der Waals surface area contributed by atoms with Crippen molar-refractivity contribution in [2.75, 3.05) is 5.73 Å². The number of nitrogens with zero attached hydrogens (tertiary/aromatic N) is 2. The SMILES string of the molecule is CCn1c(C)nc(-c2ccc(F)cc2C)c1N. The van der Waals surface area contributed by atoms with Crippen LogP contribution in [0.3, 0.4) is 0 Å². The Kier molecular flexibility index (Phi) is 2.88. The zero-order valence-corrected chi connectivity index (χ0v) is 10.3. The first-order valence-electron chi connectivity index (χ1n) is 5.63. The van der Waals surface area contributed by atoms with Gasteiger partial charge in [-0.25, -0.2) is 9.37 Å². The van der Waals surface area contributed by atoms with Crippen molar-refractivity contribution in [1.82, 2.24) is 9.55 Å². The number of aromatic nitrogens is 2. The molecule has 2 aromatic rings. The van der Waals surface area contributed by atoms with E-state index in [1.165, 1.54) is 12.1 Å². The molecular weight excluding hydrogens is 217 g/mol. The van der Waals surface area contributed by atoms with Crippen LogP contribution < -0.4 is 5.73 Å². The highest BCUT2D eigenvalue weighted by Crippen LogP contribution is 2.29. The molecule has 0 aliphatic carbocycles. The largest absolute Gasteiger partial charge is 0.383 e. The van der Waals surface area contributed by atoms with Crippen LogP contribution in [0.25, 0.3) is 11.3 Å². The number of benzene rings is 1. The second kappa shape index (κ2) is 4.20. The van der Waals surface area contributed by atoms with Crippen molar-refractivity contribution in [2.45, 2.75) is 27.3 Å². The molecule has 0 spiro atoms. The second-order valence-corrected chi connectivity index (χ2v) is 4.10. The monoisotopic (exact) mass is 233 g/mol. The number of halogens is 1. The van der Waals surface area contributed by atoms with Crippen molar-refractivity contribution >= 4 is 5.82 Å². The molecule has 0 fully saturated rings. The lowest BCUT2D eigenvalue weighted by molar-refractivity contribution is 0.627. The molecule has 0 amide bonds. The van der Waals surface area contributed by atoms with Crippen LogP contribution in [0.1, 0.15) is 18.3 Å². The number of hydrogen-bond donors (Lipinski definition) is 1. The quantitative estimate of drug-likeness (QED) is 0.866. The summed E-state index contributed by atoms with van der Waals surface area (Å²) in [4.78, 5) is 4.46. The van der Waals surface area contributed by atoms with Crippen LogP contribution in [0.2, 0.25) is 0 Å². The Bertz CT molecular complexity index is 558. The molecule has 2 rings (SSSR count). The summed E-state index contributed by atoms with van der Waals surface area (Å²) in [7, 11) is 0. The van der Waals surface area contributed by atoms with Gasteiger partial charge in [0.15, 0.2) is 0 Å². The van der Waals surface area contributed by atoms with Gasteiger partial charge in [0.2, 0.25) is 0 Å². The fraction of sp³-hybridized carbons (Fsp3) is 0.308. The number of rotatable bonds is 2. The van der Waals surface area contributed by atoms with Gasteiger partial charge in [0.05, 0.1) is 0 Å². The van der Waals surface area contributed by atoms with E-state index in [2.05, 4.69) is 4.98 Å². The number of nitrogens with two attached hydrogens (primary N) is 1. The lowest BCUT2D eigenvalue weighted by atomic mass is 10.1. The van der Waals surface area contributed by atoms with Crippen molar-refractivity contribution in [2.24, 2.45) is 0 Å². The number of hydrogen-bond acceptors (Lipinski definition) is 2. The van der Waals surface area contributed by atoms with Crippen LogP contribution >= 0.6 is 0 Å². The molecule has 1 aromatic carbocycles. The van der Waals surface area contributed by atoms with Gasteiger partial charge in [0, 0.05) is 12.1 Å². The smallest absolute Gasteiger partial charge is 0.131 e. The average molecular weight is 233 g/mol. The Morgan fingerprint density at radius 1 is 1.35 bits per heavy atom. The first-order valence-corrected chi connectivity index (χ1v) is 5.63. The molecule has 0 unspecified atom stereocenters. The van der Waals surface area contributed by atoms with Crippen LogP contribution in [0.15, 0.2) is 18.2 Å². The Balaban J connectivity index is 2.61. The predicted octanol–water partition coefficient (Wildman–Crippen LogP) is 2.91. The zero-order chi connectivity index (χ0) is 12.6. The molecule has 0 saturated heterocycles. The molecule has 0 aliphatic rings. The molecule has 0 aliphatic heterocycles. The predicted molar refractivity (Wildman–Crippen MR) is 67.2 cm³/mol. The highest BCUT2D eigenvalue weighted by molar-refractivity contribution is 5.73. The summed E-state index contributed by atoms with van der Waals surface area (Å²) in [6.07, 6.45) is 0. The number of aryl methyl sites for hydroxylation is 2. The molecule has 2 N–H and O–H groups in total. The topological polar surface area (TPSA) is 43.8 Å². The van der Waals surface area contributed by atoms with Crippen LogP contribution in [-0.4, -0.2) is 9.55 Å². The lowest BCUT2D eigenvalue weighted by Gasteiger charge is -2.05. The summed E-state index contributed by atoms with van der Waals surface area (Å²) in [5.41, 5.74) is 8.53. The minimum Gasteiger partial charge on any atom is -0.383 e. The second-order valence-electron chi connectivity index (χ2n) is 4.10. The molecule has 4 heteroatoms. The van der Waals surface area contributed by atoms with Gasteiger partial charge in [0.1, 0.15) is 23.2 Å². The van der Waals surface area contributed by atoms with Crippen molar-refractivity contribution < 1.29 is 4.39 Å². The summed E-state index contributed by atoms with van der Waals surface area (Å²) in [5.74, 6) is 1.28. The first kappa shape index (κ1) is 11.6. The fourth-order valence-electron chi connectivity index (χ4n) is 2.07. The maximum atomic E-state index is 13.1. The van der Waals surface area contributed by atoms with Crippen LogP contribution in [-0.2, 0) is 6.54 Å². The van der Waals surface area contributed by atoms with Crippen molar-refractivity contribution in [1.29, 1.82) is 0 Å². The van der Waals surface area contributed by atoms with Crippen LogP contribution in [0.5, 0.6) is 0 Å². The maximum Gasteiger partial charge on any atom is 0.131 e. The third-order valence-corrected chi connectivity index (χ3v) is 2.96. The van der Waals surface area contributed by atoms with E-state index in [-0.39, 0.29) is 5.82 Å². The van der Waals surface area contributed by atoms with Gasteiger partial charge in [0.25, 0.3) is 0 Å². The summed E-state index contributed by atoms with van der Waals surface area (Å²) in [5, 5.41) is 0. The third-order valence-electron chi connectivity index (χ3n) is 2.96.